The quantitative estimate of drug-likeness (QED) is 0.627. The number of fused-ring (bicyclic) bond motifs is 3. The molecular weight excluding hydrogens is 342 g/mol. The first-order valence-corrected chi connectivity index (χ1v) is 9.24. The van der Waals surface area contributed by atoms with Gasteiger partial charge in [0, 0.05) is 18.5 Å². The van der Waals surface area contributed by atoms with Gasteiger partial charge < -0.3 is 15.0 Å². The fourth-order valence-electron chi connectivity index (χ4n) is 2.62. The summed E-state index contributed by atoms with van der Waals surface area (Å²) in [4.78, 5) is 29.0. The molecule has 1 amide bonds. The van der Waals surface area contributed by atoms with E-state index in [0.717, 1.165) is 5.75 Å². The van der Waals surface area contributed by atoms with Gasteiger partial charge in [0.1, 0.15) is 6.54 Å². The molecule has 0 radical (unpaired) electrons. The SMILES string of the molecule is CSCC[C@@H](CO)NC(=O)Cn1ccc2c(cnc3ccnn32)c1=O. The van der Waals surface area contributed by atoms with Gasteiger partial charge in [0.2, 0.25) is 5.91 Å². The van der Waals surface area contributed by atoms with Gasteiger partial charge in [-0.2, -0.15) is 16.9 Å². The van der Waals surface area contributed by atoms with Gasteiger partial charge >= 0.3 is 0 Å². The zero-order chi connectivity index (χ0) is 17.8. The Bertz CT molecular complexity index is 952. The van der Waals surface area contributed by atoms with Crippen LogP contribution in [0.25, 0.3) is 16.6 Å². The summed E-state index contributed by atoms with van der Waals surface area (Å²) in [6.45, 7) is -0.234. The van der Waals surface area contributed by atoms with E-state index in [0.29, 0.717) is 23.0 Å². The van der Waals surface area contributed by atoms with Crippen molar-refractivity contribution in [3.63, 3.8) is 0 Å². The van der Waals surface area contributed by atoms with Crippen molar-refractivity contribution in [1.29, 1.82) is 0 Å². The largest absolute Gasteiger partial charge is 0.394 e. The molecule has 0 spiro atoms. The number of pyridine rings is 1. The molecule has 0 aliphatic carbocycles. The third-order valence-corrected chi connectivity index (χ3v) is 4.57. The van der Waals surface area contributed by atoms with Gasteiger partial charge in [0.15, 0.2) is 5.65 Å². The second-order valence-corrected chi connectivity index (χ2v) is 6.62. The summed E-state index contributed by atoms with van der Waals surface area (Å²) >= 11 is 1.65. The Morgan fingerprint density at radius 2 is 2.28 bits per heavy atom. The van der Waals surface area contributed by atoms with E-state index >= 15 is 0 Å². The molecule has 1 atom stereocenters. The van der Waals surface area contributed by atoms with Gasteiger partial charge in [-0.05, 0) is 24.5 Å². The van der Waals surface area contributed by atoms with Gasteiger partial charge in [-0.15, -0.1) is 0 Å². The maximum Gasteiger partial charge on any atom is 0.262 e. The van der Waals surface area contributed by atoms with Crippen LogP contribution in [-0.2, 0) is 11.3 Å². The summed E-state index contributed by atoms with van der Waals surface area (Å²) < 4.78 is 2.92. The standard InChI is InChI=1S/C16H19N5O3S/c1-25-7-4-11(10-22)19-15(23)9-20-6-3-13-12(16(20)24)8-17-14-2-5-18-21(13)14/h2-3,5-6,8,11,22H,4,7,9-10H2,1H3,(H,19,23)/t11-/m0/s1. The Morgan fingerprint density at radius 1 is 1.44 bits per heavy atom. The number of thioether (sulfide) groups is 1. The summed E-state index contributed by atoms with van der Waals surface area (Å²) in [6, 6.07) is 3.19. The predicted molar refractivity (Wildman–Crippen MR) is 96.8 cm³/mol. The van der Waals surface area contributed by atoms with Crippen LogP contribution in [-0.4, -0.2) is 54.8 Å². The van der Waals surface area contributed by atoms with E-state index in [1.54, 1.807) is 40.8 Å². The summed E-state index contributed by atoms with van der Waals surface area (Å²) in [5.74, 6) is 0.530. The molecule has 3 rings (SSSR count). The van der Waals surface area contributed by atoms with Crippen LogP contribution in [0, 0.1) is 0 Å². The van der Waals surface area contributed by atoms with Crippen LogP contribution in [0.3, 0.4) is 0 Å². The number of hydrogen-bond acceptors (Lipinski definition) is 6. The number of carbonyl (C=O) groups is 1. The maximum atomic E-state index is 12.6. The number of aromatic nitrogens is 4. The van der Waals surface area contributed by atoms with Crippen molar-refractivity contribution < 1.29 is 9.90 Å². The summed E-state index contributed by atoms with van der Waals surface area (Å²) in [5.41, 5.74) is 0.994. The van der Waals surface area contributed by atoms with E-state index < -0.39 is 0 Å². The van der Waals surface area contributed by atoms with Crippen LogP contribution in [0.1, 0.15) is 6.42 Å². The number of aliphatic hydroxyl groups is 1. The molecule has 0 saturated heterocycles. The highest BCUT2D eigenvalue weighted by Crippen LogP contribution is 2.10. The first-order chi connectivity index (χ1) is 12.1. The van der Waals surface area contributed by atoms with Gasteiger partial charge in [0.25, 0.3) is 5.56 Å². The molecule has 25 heavy (non-hydrogen) atoms. The minimum Gasteiger partial charge on any atom is -0.394 e. The molecule has 0 aliphatic heterocycles. The molecule has 9 heteroatoms. The van der Waals surface area contributed by atoms with E-state index in [1.165, 1.54) is 10.8 Å². The van der Waals surface area contributed by atoms with Crippen molar-refractivity contribution in [2.75, 3.05) is 18.6 Å². The molecule has 8 nitrogen and oxygen atoms in total. The van der Waals surface area contributed by atoms with Crippen LogP contribution < -0.4 is 10.9 Å². The average molecular weight is 361 g/mol. The molecule has 2 N–H and O–H groups in total. The number of nitrogens with one attached hydrogen (secondary N) is 1. The first kappa shape index (κ1) is 17.4. The van der Waals surface area contributed by atoms with Gasteiger partial charge in [0.05, 0.1) is 29.7 Å². The lowest BCUT2D eigenvalue weighted by Gasteiger charge is -2.16. The Morgan fingerprint density at radius 3 is 3.04 bits per heavy atom. The number of nitrogens with zero attached hydrogens (tertiary/aromatic N) is 4. The molecule has 0 fully saturated rings. The van der Waals surface area contributed by atoms with Crippen molar-refractivity contribution in [2.45, 2.75) is 19.0 Å². The van der Waals surface area contributed by atoms with Crippen molar-refractivity contribution in [1.82, 2.24) is 24.5 Å². The minimum atomic E-state index is -0.310. The molecule has 0 bridgehead atoms. The second kappa shape index (κ2) is 7.66. The third kappa shape index (κ3) is 3.67. The normalized spacial score (nSPS) is 12.6. The third-order valence-electron chi connectivity index (χ3n) is 3.93. The first-order valence-electron chi connectivity index (χ1n) is 7.85. The van der Waals surface area contributed by atoms with Crippen LogP contribution >= 0.6 is 11.8 Å². The summed E-state index contributed by atoms with van der Waals surface area (Å²) in [7, 11) is 0. The Kier molecular flexibility index (Phi) is 5.34. The predicted octanol–water partition coefficient (Wildman–Crippen LogP) is 0.274. The average Bonchev–Trinajstić information content (AvgIpc) is 3.10. The molecule has 3 aromatic heterocycles. The zero-order valence-corrected chi connectivity index (χ0v) is 14.6. The molecule has 0 saturated carbocycles. The monoisotopic (exact) mass is 361 g/mol. The number of amides is 1. The van der Waals surface area contributed by atoms with Crippen molar-refractivity contribution >= 4 is 34.2 Å². The Hall–Kier alpha value is -2.39. The Balaban J connectivity index is 1.82. The van der Waals surface area contributed by atoms with Crippen LogP contribution in [0.2, 0.25) is 0 Å². The van der Waals surface area contributed by atoms with E-state index in [-0.39, 0.29) is 30.7 Å². The van der Waals surface area contributed by atoms with Crippen molar-refractivity contribution in [2.24, 2.45) is 0 Å². The van der Waals surface area contributed by atoms with E-state index in [1.807, 2.05) is 6.26 Å². The van der Waals surface area contributed by atoms with Gasteiger partial charge in [-0.25, -0.2) is 9.50 Å². The fourth-order valence-corrected chi connectivity index (χ4v) is 3.14. The van der Waals surface area contributed by atoms with E-state index in [4.69, 9.17) is 0 Å². The topological polar surface area (TPSA) is 102 Å². The lowest BCUT2D eigenvalue weighted by atomic mass is 10.2. The molecule has 132 valence electrons. The minimum absolute atomic E-state index is 0.109. The fraction of sp³-hybridized carbons (Fsp3) is 0.375. The maximum absolute atomic E-state index is 12.6. The lowest BCUT2D eigenvalue weighted by Crippen LogP contribution is -2.41. The van der Waals surface area contributed by atoms with E-state index in [9.17, 15) is 14.7 Å². The molecule has 0 aliphatic rings. The smallest absolute Gasteiger partial charge is 0.262 e. The lowest BCUT2D eigenvalue weighted by molar-refractivity contribution is -0.122. The van der Waals surface area contributed by atoms with Gasteiger partial charge in [-0.1, -0.05) is 0 Å². The number of carbonyl (C=O) groups excluding carboxylic acids is 1. The molecule has 0 aromatic carbocycles. The van der Waals surface area contributed by atoms with Gasteiger partial charge in [-0.3, -0.25) is 9.59 Å². The highest BCUT2D eigenvalue weighted by molar-refractivity contribution is 7.98. The second-order valence-electron chi connectivity index (χ2n) is 5.64. The molecular formula is C16H19N5O3S. The summed E-state index contributed by atoms with van der Waals surface area (Å²) in [6.07, 6.45) is 7.33. The number of aliphatic hydroxyl groups excluding tert-OH is 1. The zero-order valence-electron chi connectivity index (χ0n) is 13.8. The van der Waals surface area contributed by atoms with Crippen molar-refractivity contribution in [3.8, 4) is 0 Å². The number of hydrogen-bond donors (Lipinski definition) is 2. The van der Waals surface area contributed by atoms with E-state index in [2.05, 4.69) is 15.4 Å². The van der Waals surface area contributed by atoms with Crippen LogP contribution in [0.4, 0.5) is 0 Å². The van der Waals surface area contributed by atoms with Crippen molar-refractivity contribution in [3.05, 3.63) is 41.1 Å². The number of rotatable bonds is 7. The Labute approximate surface area is 147 Å². The van der Waals surface area contributed by atoms with Crippen LogP contribution in [0.5, 0.6) is 0 Å². The molecule has 3 heterocycles. The highest BCUT2D eigenvalue weighted by atomic mass is 32.2. The molecule has 3 aromatic rings. The highest BCUT2D eigenvalue weighted by Gasteiger charge is 2.13. The van der Waals surface area contributed by atoms with Crippen LogP contribution in [0.15, 0.2) is 35.5 Å². The summed E-state index contributed by atoms with van der Waals surface area (Å²) in [5, 5.41) is 16.6. The molecule has 0 unspecified atom stereocenters.